The minimum absolute atomic E-state index is 0.00551. The van der Waals surface area contributed by atoms with E-state index in [9.17, 15) is 4.79 Å². The van der Waals surface area contributed by atoms with Crippen LogP contribution in [0, 0.1) is 6.92 Å². The maximum absolute atomic E-state index is 13.2. The molecule has 1 aromatic carbocycles. The number of amides is 1. The number of likely N-dealkylation sites (tertiary alicyclic amines) is 1. The molecule has 0 radical (unpaired) electrons. The Morgan fingerprint density at radius 3 is 2.73 bits per heavy atom. The summed E-state index contributed by atoms with van der Waals surface area (Å²) in [6.07, 6.45) is 4.84. The van der Waals surface area contributed by atoms with Crippen molar-refractivity contribution in [3.63, 3.8) is 0 Å². The number of carbonyl (C=O) groups excluding carboxylic acids is 1. The highest BCUT2D eigenvalue weighted by Gasteiger charge is 2.43. The summed E-state index contributed by atoms with van der Waals surface area (Å²) in [6.45, 7) is 10.2. The highest BCUT2D eigenvalue weighted by molar-refractivity contribution is 5.94. The van der Waals surface area contributed by atoms with Crippen molar-refractivity contribution >= 4 is 5.91 Å². The van der Waals surface area contributed by atoms with Gasteiger partial charge in [-0.3, -0.25) is 9.69 Å². The maximum atomic E-state index is 13.2. The Kier molecular flexibility index (Phi) is 7.36. The van der Waals surface area contributed by atoms with Gasteiger partial charge in [0.1, 0.15) is 12.0 Å². The van der Waals surface area contributed by atoms with Crippen LogP contribution in [-0.2, 0) is 16.0 Å². The molecule has 4 rings (SSSR count). The van der Waals surface area contributed by atoms with Gasteiger partial charge in [-0.15, -0.1) is 0 Å². The monoisotopic (exact) mass is 457 g/mol. The molecule has 2 saturated heterocycles. The van der Waals surface area contributed by atoms with Crippen LogP contribution in [0.2, 0.25) is 0 Å². The van der Waals surface area contributed by atoms with Gasteiger partial charge >= 0.3 is 0 Å². The Bertz CT molecular complexity index is 922. The van der Waals surface area contributed by atoms with Crippen LogP contribution in [0.25, 0.3) is 0 Å². The predicted molar refractivity (Wildman–Crippen MR) is 123 cm³/mol. The predicted octanol–water partition coefficient (Wildman–Crippen LogP) is 3.29. The Morgan fingerprint density at radius 1 is 1.30 bits per heavy atom. The molecule has 2 aromatic rings. The number of aromatic nitrogens is 1. The minimum atomic E-state index is -0.285. The van der Waals surface area contributed by atoms with Crippen molar-refractivity contribution in [1.29, 1.82) is 0 Å². The Balaban J connectivity index is 1.40. The summed E-state index contributed by atoms with van der Waals surface area (Å²) < 4.78 is 22.9. The molecular formula is C25H35N3O5. The second-order valence-corrected chi connectivity index (χ2v) is 9.47. The first kappa shape index (κ1) is 23.7. The number of oxazole rings is 1. The van der Waals surface area contributed by atoms with Crippen LogP contribution in [0.3, 0.4) is 0 Å². The summed E-state index contributed by atoms with van der Waals surface area (Å²) in [4.78, 5) is 21.8. The van der Waals surface area contributed by atoms with E-state index in [-0.39, 0.29) is 23.7 Å². The lowest BCUT2D eigenvalue weighted by Gasteiger charge is -2.49. The number of rotatable bonds is 7. The SMILES string of the molecule is COCC1CN(Cc2cocn2)CC2(CCN(C(=O)c3ccc(OC(C)C)c(C)c3)CC2)O1. The highest BCUT2D eigenvalue weighted by Crippen LogP contribution is 2.34. The third-order valence-corrected chi connectivity index (χ3v) is 6.36. The molecule has 0 N–H and O–H groups in total. The van der Waals surface area contributed by atoms with E-state index in [1.807, 2.05) is 43.9 Å². The lowest BCUT2D eigenvalue weighted by Crippen LogP contribution is -2.60. The average Bonchev–Trinajstić information content (AvgIpc) is 3.28. The second kappa shape index (κ2) is 10.2. The van der Waals surface area contributed by atoms with Crippen molar-refractivity contribution in [2.75, 3.05) is 39.9 Å². The lowest BCUT2D eigenvalue weighted by atomic mass is 9.88. The molecule has 0 saturated carbocycles. The van der Waals surface area contributed by atoms with Gasteiger partial charge in [0.25, 0.3) is 5.91 Å². The zero-order valence-electron chi connectivity index (χ0n) is 20.1. The molecule has 2 aliphatic rings. The molecule has 8 nitrogen and oxygen atoms in total. The Hall–Kier alpha value is -2.42. The van der Waals surface area contributed by atoms with Crippen LogP contribution in [0.1, 0.15) is 48.3 Å². The van der Waals surface area contributed by atoms with Gasteiger partial charge in [0.05, 0.1) is 30.1 Å². The highest BCUT2D eigenvalue weighted by atomic mass is 16.5. The number of nitrogens with zero attached hydrogens (tertiary/aromatic N) is 3. The molecule has 1 amide bonds. The molecule has 180 valence electrons. The van der Waals surface area contributed by atoms with E-state index in [1.165, 1.54) is 6.39 Å². The normalized spacial score (nSPS) is 21.0. The maximum Gasteiger partial charge on any atom is 0.253 e. The van der Waals surface area contributed by atoms with E-state index in [2.05, 4.69) is 9.88 Å². The van der Waals surface area contributed by atoms with E-state index in [4.69, 9.17) is 18.6 Å². The molecule has 2 aliphatic heterocycles. The summed E-state index contributed by atoms with van der Waals surface area (Å²) in [5.41, 5.74) is 2.31. The van der Waals surface area contributed by atoms with Gasteiger partial charge in [0.2, 0.25) is 0 Å². The summed E-state index contributed by atoms with van der Waals surface area (Å²) in [6, 6.07) is 5.69. The van der Waals surface area contributed by atoms with Crippen molar-refractivity contribution in [2.24, 2.45) is 0 Å². The van der Waals surface area contributed by atoms with E-state index in [0.717, 1.165) is 42.9 Å². The molecule has 3 heterocycles. The molecule has 1 unspecified atom stereocenters. The first-order valence-electron chi connectivity index (χ1n) is 11.7. The van der Waals surface area contributed by atoms with E-state index in [0.29, 0.717) is 31.8 Å². The number of benzene rings is 1. The van der Waals surface area contributed by atoms with Gasteiger partial charge in [0.15, 0.2) is 6.39 Å². The van der Waals surface area contributed by atoms with Crippen LogP contribution < -0.4 is 4.74 Å². The van der Waals surface area contributed by atoms with Crippen molar-refractivity contribution in [3.05, 3.63) is 47.7 Å². The molecule has 0 bridgehead atoms. The molecule has 1 aromatic heterocycles. The topological polar surface area (TPSA) is 77.3 Å². The Morgan fingerprint density at radius 2 is 2.09 bits per heavy atom. The van der Waals surface area contributed by atoms with Gasteiger partial charge in [-0.2, -0.15) is 0 Å². The van der Waals surface area contributed by atoms with Crippen LogP contribution in [0.4, 0.5) is 0 Å². The number of methoxy groups -OCH3 is 1. The quantitative estimate of drug-likeness (QED) is 0.631. The van der Waals surface area contributed by atoms with Gasteiger partial charge in [0, 0.05) is 45.4 Å². The number of hydrogen-bond donors (Lipinski definition) is 0. The molecule has 1 atom stereocenters. The average molecular weight is 458 g/mol. The van der Waals surface area contributed by atoms with Gasteiger partial charge in [-0.05, 0) is 57.4 Å². The third-order valence-electron chi connectivity index (χ3n) is 6.36. The minimum Gasteiger partial charge on any atom is -0.491 e. The van der Waals surface area contributed by atoms with Crippen LogP contribution in [0.5, 0.6) is 5.75 Å². The molecule has 33 heavy (non-hydrogen) atoms. The smallest absolute Gasteiger partial charge is 0.253 e. The fourth-order valence-electron chi connectivity index (χ4n) is 4.87. The van der Waals surface area contributed by atoms with Crippen molar-refractivity contribution in [2.45, 2.75) is 58.0 Å². The number of morpholine rings is 1. The van der Waals surface area contributed by atoms with Crippen molar-refractivity contribution in [1.82, 2.24) is 14.8 Å². The first-order valence-corrected chi connectivity index (χ1v) is 11.7. The fourth-order valence-corrected chi connectivity index (χ4v) is 4.87. The lowest BCUT2D eigenvalue weighted by molar-refractivity contribution is -0.187. The largest absolute Gasteiger partial charge is 0.491 e. The summed E-state index contributed by atoms with van der Waals surface area (Å²) in [5.74, 6) is 0.888. The third kappa shape index (κ3) is 5.75. The summed E-state index contributed by atoms with van der Waals surface area (Å²) >= 11 is 0. The first-order chi connectivity index (χ1) is 15.9. The number of carbonyl (C=O) groups is 1. The van der Waals surface area contributed by atoms with Crippen molar-refractivity contribution < 1.29 is 23.4 Å². The second-order valence-electron chi connectivity index (χ2n) is 9.47. The Labute approximate surface area is 195 Å². The summed E-state index contributed by atoms with van der Waals surface area (Å²) in [7, 11) is 1.70. The molecule has 8 heteroatoms. The molecule has 2 fully saturated rings. The number of hydrogen-bond acceptors (Lipinski definition) is 7. The zero-order chi connectivity index (χ0) is 23.4. The fraction of sp³-hybridized carbons (Fsp3) is 0.600. The van der Waals surface area contributed by atoms with Crippen LogP contribution in [-0.4, -0.2) is 78.4 Å². The molecule has 1 spiro atoms. The van der Waals surface area contributed by atoms with Gasteiger partial charge in [-0.25, -0.2) is 4.98 Å². The van der Waals surface area contributed by atoms with Crippen LogP contribution >= 0.6 is 0 Å². The number of ether oxygens (including phenoxy) is 3. The van der Waals surface area contributed by atoms with Gasteiger partial charge in [-0.1, -0.05) is 0 Å². The van der Waals surface area contributed by atoms with Gasteiger partial charge < -0.3 is 23.5 Å². The van der Waals surface area contributed by atoms with E-state index in [1.54, 1.807) is 13.4 Å². The standard InChI is InChI=1S/C25H35N3O5/c1-18(2)32-23-6-5-20(11-19(23)3)24(29)28-9-7-25(8-10-28)16-27(12-21-14-31-17-26-21)13-22(33-25)15-30-4/h5-6,11,14,17-18,22H,7-10,12-13,15-16H2,1-4H3. The summed E-state index contributed by atoms with van der Waals surface area (Å²) in [5, 5.41) is 0. The number of aryl methyl sites for hydroxylation is 1. The van der Waals surface area contributed by atoms with E-state index < -0.39 is 0 Å². The van der Waals surface area contributed by atoms with Crippen LogP contribution in [0.15, 0.2) is 35.3 Å². The van der Waals surface area contributed by atoms with Crippen molar-refractivity contribution in [3.8, 4) is 5.75 Å². The zero-order valence-corrected chi connectivity index (χ0v) is 20.1. The van der Waals surface area contributed by atoms with E-state index >= 15 is 0 Å². The number of piperidine rings is 1. The molecular weight excluding hydrogens is 422 g/mol. The molecule has 0 aliphatic carbocycles.